The molecule has 9 heteroatoms. The summed E-state index contributed by atoms with van der Waals surface area (Å²) >= 11 is 5.90. The number of nitrogens with zero attached hydrogens (tertiary/aromatic N) is 3. The topological polar surface area (TPSA) is 106 Å². The molecule has 1 aliphatic heterocycles. The van der Waals surface area contributed by atoms with E-state index >= 15 is 0 Å². The van der Waals surface area contributed by atoms with Gasteiger partial charge in [-0.3, -0.25) is 19.7 Å². The number of fused-ring (bicyclic) bond motifs is 1. The van der Waals surface area contributed by atoms with E-state index in [0.29, 0.717) is 28.0 Å². The van der Waals surface area contributed by atoms with Crippen molar-refractivity contribution in [2.75, 3.05) is 10.6 Å². The Morgan fingerprint density at radius 1 is 1.14 bits per heavy atom. The number of carbonyl (C=O) groups excluding carboxylic acids is 3. The SMILES string of the molecule is CC(=O)c1ccc(NC(=O)C[C@@H]2C(=O)Nc3nc(-c4ccc(Cl)cc4)nn32)cc1. The quantitative estimate of drug-likeness (QED) is 0.629. The van der Waals surface area contributed by atoms with Crippen molar-refractivity contribution < 1.29 is 14.4 Å². The number of nitrogens with one attached hydrogen (secondary N) is 2. The molecule has 2 aromatic carbocycles. The minimum Gasteiger partial charge on any atom is -0.326 e. The number of hydrogen-bond acceptors (Lipinski definition) is 5. The summed E-state index contributed by atoms with van der Waals surface area (Å²) in [5.74, 6) is -0.0204. The van der Waals surface area contributed by atoms with Crippen molar-refractivity contribution in [1.82, 2.24) is 14.8 Å². The lowest BCUT2D eigenvalue weighted by molar-refractivity contribution is -0.123. The molecule has 0 radical (unpaired) electrons. The van der Waals surface area contributed by atoms with Crippen LogP contribution < -0.4 is 10.6 Å². The second-order valence-corrected chi connectivity index (χ2v) is 7.04. The molecule has 8 nitrogen and oxygen atoms in total. The van der Waals surface area contributed by atoms with E-state index in [9.17, 15) is 14.4 Å². The summed E-state index contributed by atoms with van der Waals surface area (Å²) in [6.45, 7) is 1.47. The van der Waals surface area contributed by atoms with Crippen LogP contribution in [0.15, 0.2) is 48.5 Å². The average molecular weight is 410 g/mol. The van der Waals surface area contributed by atoms with Crippen LogP contribution in [0.1, 0.15) is 29.7 Å². The first-order chi connectivity index (χ1) is 13.9. The van der Waals surface area contributed by atoms with Gasteiger partial charge in [0.2, 0.25) is 11.9 Å². The summed E-state index contributed by atoms with van der Waals surface area (Å²) in [4.78, 5) is 40.3. The van der Waals surface area contributed by atoms with Gasteiger partial charge in [0.15, 0.2) is 11.6 Å². The van der Waals surface area contributed by atoms with E-state index in [2.05, 4.69) is 20.7 Å². The van der Waals surface area contributed by atoms with E-state index in [1.807, 2.05) is 0 Å². The lowest BCUT2D eigenvalue weighted by Crippen LogP contribution is -2.23. The molecule has 0 bridgehead atoms. The number of carbonyl (C=O) groups is 3. The van der Waals surface area contributed by atoms with Crippen molar-refractivity contribution in [3.8, 4) is 11.4 Å². The number of ketones is 1. The van der Waals surface area contributed by atoms with Crippen molar-refractivity contribution in [2.24, 2.45) is 0 Å². The number of Topliss-reactive ketones (excluding diaryl/α,β-unsaturated/α-hetero) is 1. The zero-order valence-electron chi connectivity index (χ0n) is 15.3. The highest BCUT2D eigenvalue weighted by Crippen LogP contribution is 2.29. The largest absolute Gasteiger partial charge is 0.326 e. The van der Waals surface area contributed by atoms with Crippen LogP contribution in [-0.4, -0.2) is 32.4 Å². The molecule has 1 aromatic heterocycles. The van der Waals surface area contributed by atoms with Crippen LogP contribution in [0.25, 0.3) is 11.4 Å². The third-order valence-electron chi connectivity index (χ3n) is 4.52. The monoisotopic (exact) mass is 409 g/mol. The van der Waals surface area contributed by atoms with E-state index in [1.54, 1.807) is 48.5 Å². The number of hydrogen-bond donors (Lipinski definition) is 2. The summed E-state index contributed by atoms with van der Waals surface area (Å²) < 4.78 is 1.42. The van der Waals surface area contributed by atoms with E-state index < -0.39 is 6.04 Å². The molecule has 4 rings (SSSR count). The van der Waals surface area contributed by atoms with Crippen molar-refractivity contribution in [2.45, 2.75) is 19.4 Å². The average Bonchev–Trinajstić information content (AvgIpc) is 3.21. The highest BCUT2D eigenvalue weighted by atomic mass is 35.5. The van der Waals surface area contributed by atoms with Gasteiger partial charge in [-0.25, -0.2) is 4.68 Å². The maximum Gasteiger partial charge on any atom is 0.252 e. The van der Waals surface area contributed by atoms with Gasteiger partial charge in [0.1, 0.15) is 6.04 Å². The Bertz CT molecular complexity index is 1110. The summed E-state index contributed by atoms with van der Waals surface area (Å²) in [6, 6.07) is 12.8. The van der Waals surface area contributed by atoms with Crippen LogP contribution >= 0.6 is 11.6 Å². The maximum absolute atomic E-state index is 12.4. The molecule has 0 unspecified atom stereocenters. The third kappa shape index (κ3) is 3.88. The number of rotatable bonds is 5. The first kappa shape index (κ1) is 18.8. The molecule has 1 aliphatic rings. The number of benzene rings is 2. The zero-order chi connectivity index (χ0) is 20.5. The lowest BCUT2D eigenvalue weighted by atomic mass is 10.1. The standard InChI is InChI=1S/C20H16ClN5O3/c1-11(27)12-4-8-15(9-5-12)22-17(28)10-16-19(29)24-20-23-18(25-26(16)20)13-2-6-14(21)7-3-13/h2-9,16H,10H2,1H3,(H,22,28)(H,23,24,25,29)/t16-/m1/s1. The molecule has 0 fully saturated rings. The van der Waals surface area contributed by atoms with Crippen LogP contribution in [0.3, 0.4) is 0 Å². The Labute approximate surface area is 170 Å². The van der Waals surface area contributed by atoms with Gasteiger partial charge in [-0.2, -0.15) is 4.98 Å². The van der Waals surface area contributed by atoms with Crippen molar-refractivity contribution in [1.29, 1.82) is 0 Å². The maximum atomic E-state index is 12.4. The van der Waals surface area contributed by atoms with Crippen LogP contribution in [-0.2, 0) is 9.59 Å². The minimum absolute atomic E-state index is 0.0549. The van der Waals surface area contributed by atoms with Crippen molar-refractivity contribution in [3.63, 3.8) is 0 Å². The molecule has 29 heavy (non-hydrogen) atoms. The van der Waals surface area contributed by atoms with E-state index in [4.69, 9.17) is 11.6 Å². The Hall–Kier alpha value is -3.52. The molecular formula is C20H16ClN5O3. The summed E-state index contributed by atoms with van der Waals surface area (Å²) in [5, 5.41) is 10.3. The van der Waals surface area contributed by atoms with E-state index in [-0.39, 0.29) is 24.0 Å². The molecule has 2 amide bonds. The van der Waals surface area contributed by atoms with Gasteiger partial charge in [0.25, 0.3) is 5.91 Å². The van der Waals surface area contributed by atoms with Crippen LogP contribution in [0.2, 0.25) is 5.02 Å². The molecule has 0 saturated heterocycles. The van der Waals surface area contributed by atoms with Crippen molar-refractivity contribution in [3.05, 3.63) is 59.1 Å². The first-order valence-electron chi connectivity index (χ1n) is 8.85. The molecule has 1 atom stereocenters. The molecule has 0 aliphatic carbocycles. The zero-order valence-corrected chi connectivity index (χ0v) is 16.1. The predicted molar refractivity (Wildman–Crippen MR) is 108 cm³/mol. The summed E-state index contributed by atoms with van der Waals surface area (Å²) in [6.07, 6.45) is -0.100. The summed E-state index contributed by atoms with van der Waals surface area (Å²) in [5.41, 5.74) is 1.85. The van der Waals surface area contributed by atoms with Crippen LogP contribution in [0.4, 0.5) is 11.6 Å². The van der Waals surface area contributed by atoms with E-state index in [1.165, 1.54) is 11.6 Å². The van der Waals surface area contributed by atoms with Gasteiger partial charge in [0, 0.05) is 21.8 Å². The van der Waals surface area contributed by atoms with Gasteiger partial charge in [-0.1, -0.05) is 11.6 Å². The fourth-order valence-corrected chi connectivity index (χ4v) is 3.13. The molecular weight excluding hydrogens is 394 g/mol. The number of anilines is 2. The highest BCUT2D eigenvalue weighted by molar-refractivity contribution is 6.30. The van der Waals surface area contributed by atoms with Gasteiger partial charge in [-0.05, 0) is 55.5 Å². The number of amides is 2. The smallest absolute Gasteiger partial charge is 0.252 e. The molecule has 0 spiro atoms. The normalized spacial score (nSPS) is 15.0. The van der Waals surface area contributed by atoms with Crippen LogP contribution in [0.5, 0.6) is 0 Å². The van der Waals surface area contributed by atoms with Gasteiger partial charge >= 0.3 is 0 Å². The fraction of sp³-hybridized carbons (Fsp3) is 0.150. The molecule has 2 heterocycles. The summed E-state index contributed by atoms with van der Waals surface area (Å²) in [7, 11) is 0. The number of aromatic nitrogens is 3. The Kier molecular flexibility index (Phi) is 4.85. The molecule has 146 valence electrons. The predicted octanol–water partition coefficient (Wildman–Crippen LogP) is 3.32. The highest BCUT2D eigenvalue weighted by Gasteiger charge is 2.35. The molecule has 3 aromatic rings. The molecule has 0 saturated carbocycles. The second-order valence-electron chi connectivity index (χ2n) is 6.60. The minimum atomic E-state index is -0.796. The van der Waals surface area contributed by atoms with Gasteiger partial charge in [0.05, 0.1) is 6.42 Å². The third-order valence-corrected chi connectivity index (χ3v) is 4.77. The van der Waals surface area contributed by atoms with Gasteiger partial charge < -0.3 is 5.32 Å². The second kappa shape index (κ2) is 7.48. The van der Waals surface area contributed by atoms with Crippen LogP contribution in [0, 0.1) is 0 Å². The molecule has 2 N–H and O–H groups in total. The Morgan fingerprint density at radius 3 is 2.48 bits per heavy atom. The van der Waals surface area contributed by atoms with E-state index in [0.717, 1.165) is 5.56 Å². The Morgan fingerprint density at radius 2 is 1.83 bits per heavy atom. The fourth-order valence-electron chi connectivity index (χ4n) is 3.01. The first-order valence-corrected chi connectivity index (χ1v) is 9.23. The lowest BCUT2D eigenvalue weighted by Gasteiger charge is -2.10. The van der Waals surface area contributed by atoms with Crippen molar-refractivity contribution >= 4 is 40.8 Å². The number of halogens is 1. The Balaban J connectivity index is 1.48. The van der Waals surface area contributed by atoms with Gasteiger partial charge in [-0.15, -0.1) is 5.10 Å².